The van der Waals surface area contributed by atoms with Gasteiger partial charge in [0.25, 0.3) is 0 Å². The lowest BCUT2D eigenvalue weighted by molar-refractivity contribution is 0.461. The molecule has 1 N–H and O–H groups in total. The number of hydrogen-bond donors (Lipinski definition) is 1. The standard InChI is InChI=1S/C5H9NS/c1-2-6-5-3-4(1)7-5/h4-6H,1-3H2. The van der Waals surface area contributed by atoms with E-state index in [0.717, 1.165) is 10.6 Å². The molecule has 0 aliphatic carbocycles. The Labute approximate surface area is 47.9 Å². The molecule has 3 heterocycles. The van der Waals surface area contributed by atoms with Gasteiger partial charge in [-0.05, 0) is 19.4 Å². The van der Waals surface area contributed by atoms with Crippen LogP contribution in [0.4, 0.5) is 0 Å². The number of piperidine rings is 1. The van der Waals surface area contributed by atoms with Crippen LogP contribution in [-0.2, 0) is 0 Å². The van der Waals surface area contributed by atoms with E-state index < -0.39 is 0 Å². The highest BCUT2D eigenvalue weighted by molar-refractivity contribution is 8.01. The maximum absolute atomic E-state index is 3.41. The van der Waals surface area contributed by atoms with E-state index in [-0.39, 0.29) is 0 Å². The van der Waals surface area contributed by atoms with Gasteiger partial charge in [0.1, 0.15) is 0 Å². The van der Waals surface area contributed by atoms with Gasteiger partial charge in [0.15, 0.2) is 0 Å². The quantitative estimate of drug-likeness (QED) is 0.501. The molecule has 0 saturated carbocycles. The largest absolute Gasteiger partial charge is 0.305 e. The Bertz CT molecular complexity index is 64.6. The van der Waals surface area contributed by atoms with Crippen molar-refractivity contribution >= 4 is 11.8 Å². The monoisotopic (exact) mass is 115 g/mol. The summed E-state index contributed by atoms with van der Waals surface area (Å²) in [6, 6.07) is 0. The Morgan fingerprint density at radius 3 is 2.57 bits per heavy atom. The maximum atomic E-state index is 3.41. The molecule has 0 amide bonds. The van der Waals surface area contributed by atoms with Gasteiger partial charge in [0.2, 0.25) is 0 Å². The number of fused-ring (bicyclic) bond motifs is 2. The van der Waals surface area contributed by atoms with Crippen LogP contribution in [0.2, 0.25) is 0 Å². The van der Waals surface area contributed by atoms with Gasteiger partial charge in [-0.15, -0.1) is 11.8 Å². The van der Waals surface area contributed by atoms with Crippen molar-refractivity contribution in [2.75, 3.05) is 6.54 Å². The topological polar surface area (TPSA) is 12.0 Å². The molecule has 3 saturated heterocycles. The Balaban J connectivity index is 1.99. The van der Waals surface area contributed by atoms with Crippen LogP contribution in [-0.4, -0.2) is 17.2 Å². The molecular formula is C5H9NS. The van der Waals surface area contributed by atoms with Gasteiger partial charge in [-0.3, -0.25) is 0 Å². The highest BCUT2D eigenvalue weighted by Crippen LogP contribution is 2.39. The zero-order valence-corrected chi connectivity index (χ0v) is 5.00. The lowest BCUT2D eigenvalue weighted by Gasteiger charge is -2.40. The van der Waals surface area contributed by atoms with Gasteiger partial charge in [0.05, 0.1) is 5.37 Å². The van der Waals surface area contributed by atoms with Crippen molar-refractivity contribution in [3.05, 3.63) is 0 Å². The molecule has 2 unspecified atom stereocenters. The summed E-state index contributed by atoms with van der Waals surface area (Å²) in [4.78, 5) is 0. The first kappa shape index (κ1) is 4.21. The van der Waals surface area contributed by atoms with E-state index in [4.69, 9.17) is 0 Å². The summed E-state index contributed by atoms with van der Waals surface area (Å²) in [6.45, 7) is 1.27. The van der Waals surface area contributed by atoms with Crippen molar-refractivity contribution in [3.63, 3.8) is 0 Å². The fraction of sp³-hybridized carbons (Fsp3) is 1.00. The van der Waals surface area contributed by atoms with Crippen LogP contribution in [0.25, 0.3) is 0 Å². The fourth-order valence-corrected chi connectivity index (χ4v) is 2.40. The second-order valence-corrected chi connectivity index (χ2v) is 3.73. The molecule has 7 heavy (non-hydrogen) atoms. The molecular weight excluding hydrogens is 106 g/mol. The summed E-state index contributed by atoms with van der Waals surface area (Å²) >= 11 is 2.10. The normalized spacial score (nSPS) is 48.0. The average molecular weight is 115 g/mol. The van der Waals surface area contributed by atoms with Gasteiger partial charge < -0.3 is 5.32 Å². The third-order valence-electron chi connectivity index (χ3n) is 1.67. The lowest BCUT2D eigenvalue weighted by Crippen LogP contribution is -2.46. The van der Waals surface area contributed by atoms with Gasteiger partial charge in [0, 0.05) is 5.25 Å². The van der Waals surface area contributed by atoms with E-state index in [2.05, 4.69) is 17.1 Å². The number of hydrogen-bond acceptors (Lipinski definition) is 2. The Morgan fingerprint density at radius 2 is 2.43 bits per heavy atom. The number of thioether (sulfide) groups is 1. The molecule has 2 bridgehead atoms. The number of rotatable bonds is 0. The minimum atomic E-state index is 0.846. The third kappa shape index (κ3) is 0.572. The van der Waals surface area contributed by atoms with Gasteiger partial charge in [-0.25, -0.2) is 0 Å². The maximum Gasteiger partial charge on any atom is 0.0545 e. The second-order valence-electron chi connectivity index (χ2n) is 2.23. The van der Waals surface area contributed by atoms with Crippen molar-refractivity contribution in [2.45, 2.75) is 23.5 Å². The van der Waals surface area contributed by atoms with Crippen LogP contribution in [0.3, 0.4) is 0 Å². The summed E-state index contributed by atoms with van der Waals surface area (Å²) in [5.41, 5.74) is 0. The summed E-state index contributed by atoms with van der Waals surface area (Å²) in [5.74, 6) is 0. The zero-order valence-electron chi connectivity index (χ0n) is 4.18. The van der Waals surface area contributed by atoms with Crippen molar-refractivity contribution in [1.29, 1.82) is 0 Å². The van der Waals surface area contributed by atoms with Crippen LogP contribution < -0.4 is 5.32 Å². The van der Waals surface area contributed by atoms with E-state index >= 15 is 0 Å². The number of nitrogens with one attached hydrogen (secondary N) is 1. The third-order valence-corrected chi connectivity index (χ3v) is 3.17. The van der Waals surface area contributed by atoms with Crippen LogP contribution in [0, 0.1) is 0 Å². The molecule has 3 aliphatic rings. The molecule has 3 fully saturated rings. The van der Waals surface area contributed by atoms with E-state index in [0.29, 0.717) is 0 Å². The van der Waals surface area contributed by atoms with E-state index in [1.807, 2.05) is 0 Å². The van der Waals surface area contributed by atoms with E-state index in [1.165, 1.54) is 19.4 Å². The predicted octanol–water partition coefficient (Wildman–Crippen LogP) is 0.811. The Kier molecular flexibility index (Phi) is 0.837. The van der Waals surface area contributed by atoms with E-state index in [1.54, 1.807) is 0 Å². The Hall–Kier alpha value is 0.310. The molecule has 0 aromatic carbocycles. The van der Waals surface area contributed by atoms with Gasteiger partial charge in [-0.2, -0.15) is 0 Å². The molecule has 0 radical (unpaired) electrons. The molecule has 1 nitrogen and oxygen atoms in total. The van der Waals surface area contributed by atoms with Gasteiger partial charge in [-0.1, -0.05) is 0 Å². The van der Waals surface area contributed by atoms with Crippen molar-refractivity contribution in [3.8, 4) is 0 Å². The molecule has 40 valence electrons. The van der Waals surface area contributed by atoms with Crippen LogP contribution in [0.5, 0.6) is 0 Å². The van der Waals surface area contributed by atoms with Gasteiger partial charge >= 0.3 is 0 Å². The first-order valence-electron chi connectivity index (χ1n) is 2.84. The minimum Gasteiger partial charge on any atom is -0.305 e. The molecule has 2 heteroatoms. The molecule has 0 aromatic rings. The smallest absolute Gasteiger partial charge is 0.0545 e. The SMILES string of the molecule is C1CC2CC(N1)S2. The summed E-state index contributed by atoms with van der Waals surface area (Å²) in [6.07, 6.45) is 2.84. The van der Waals surface area contributed by atoms with Crippen LogP contribution in [0.1, 0.15) is 12.8 Å². The van der Waals surface area contributed by atoms with E-state index in [9.17, 15) is 0 Å². The lowest BCUT2D eigenvalue weighted by atomic mass is 10.1. The average Bonchev–Trinajstić information content (AvgIpc) is 1.67. The molecule has 3 aliphatic heterocycles. The summed E-state index contributed by atoms with van der Waals surface area (Å²) in [7, 11) is 0. The van der Waals surface area contributed by atoms with Crippen molar-refractivity contribution in [1.82, 2.24) is 5.32 Å². The fourth-order valence-electron chi connectivity index (χ4n) is 1.18. The molecule has 0 aromatic heterocycles. The van der Waals surface area contributed by atoms with Crippen LogP contribution in [0.15, 0.2) is 0 Å². The van der Waals surface area contributed by atoms with Crippen molar-refractivity contribution < 1.29 is 0 Å². The Morgan fingerprint density at radius 1 is 1.57 bits per heavy atom. The highest BCUT2D eigenvalue weighted by atomic mass is 32.2. The zero-order chi connectivity index (χ0) is 4.69. The molecule has 3 rings (SSSR count). The first-order valence-corrected chi connectivity index (χ1v) is 3.78. The predicted molar refractivity (Wildman–Crippen MR) is 32.4 cm³/mol. The van der Waals surface area contributed by atoms with Crippen LogP contribution >= 0.6 is 11.8 Å². The molecule has 2 atom stereocenters. The summed E-state index contributed by atoms with van der Waals surface area (Å²) < 4.78 is 0. The second kappa shape index (κ2) is 1.39. The summed E-state index contributed by atoms with van der Waals surface area (Å²) in [5, 5.41) is 5.29. The van der Waals surface area contributed by atoms with Crippen molar-refractivity contribution in [2.24, 2.45) is 0 Å². The first-order chi connectivity index (χ1) is 3.45. The highest BCUT2D eigenvalue weighted by Gasteiger charge is 2.32. The molecule has 0 spiro atoms. The minimum absolute atomic E-state index is 0.846.